The Bertz CT molecular complexity index is 644. The normalized spacial score (nSPS) is 11.8. The Hall–Kier alpha value is -1.66. The Morgan fingerprint density at radius 2 is 1.90 bits per heavy atom. The lowest BCUT2D eigenvalue weighted by atomic mass is 10.3. The van der Waals surface area contributed by atoms with Crippen LogP contribution in [0.15, 0.2) is 57.9 Å². The zero-order valence-corrected chi connectivity index (χ0v) is 12.9. The topological polar surface area (TPSA) is 72.2 Å². The van der Waals surface area contributed by atoms with Crippen LogP contribution in [0.2, 0.25) is 0 Å². The largest absolute Gasteiger partial charge is 0.399 e. The molecule has 6 heteroatoms. The zero-order chi connectivity index (χ0) is 14.5. The highest BCUT2D eigenvalue weighted by Crippen LogP contribution is 2.16. The lowest BCUT2D eigenvalue weighted by Gasteiger charge is -2.06. The first-order valence-electron chi connectivity index (χ1n) is 5.84. The van der Waals surface area contributed by atoms with Crippen molar-refractivity contribution in [3.63, 3.8) is 0 Å². The van der Waals surface area contributed by atoms with Crippen LogP contribution in [-0.2, 0) is 15.6 Å². The summed E-state index contributed by atoms with van der Waals surface area (Å²) in [5, 5.41) is 2.71. The van der Waals surface area contributed by atoms with Crippen molar-refractivity contribution in [1.82, 2.24) is 0 Å². The predicted molar refractivity (Wildman–Crippen MR) is 84.9 cm³/mol. The van der Waals surface area contributed by atoms with E-state index in [9.17, 15) is 9.00 Å². The number of amides is 1. The number of nitrogens with one attached hydrogen (secondary N) is 1. The van der Waals surface area contributed by atoms with E-state index in [0.29, 0.717) is 16.3 Å². The van der Waals surface area contributed by atoms with E-state index in [1.165, 1.54) is 0 Å². The number of nitrogen functional groups attached to an aromatic ring is 1. The highest BCUT2D eigenvalue weighted by atomic mass is 79.9. The molecule has 0 aromatic heterocycles. The van der Waals surface area contributed by atoms with E-state index in [4.69, 9.17) is 5.73 Å². The van der Waals surface area contributed by atoms with E-state index in [0.717, 1.165) is 4.47 Å². The van der Waals surface area contributed by atoms with Crippen molar-refractivity contribution in [2.75, 3.05) is 16.8 Å². The van der Waals surface area contributed by atoms with Gasteiger partial charge in [-0.3, -0.25) is 9.00 Å². The van der Waals surface area contributed by atoms with Crippen molar-refractivity contribution in [2.45, 2.75) is 4.90 Å². The molecule has 2 aromatic rings. The van der Waals surface area contributed by atoms with E-state index in [-0.39, 0.29) is 11.7 Å². The van der Waals surface area contributed by atoms with Gasteiger partial charge in [0.1, 0.15) is 5.75 Å². The van der Waals surface area contributed by atoms with Crippen molar-refractivity contribution in [1.29, 1.82) is 0 Å². The Labute approximate surface area is 128 Å². The summed E-state index contributed by atoms with van der Waals surface area (Å²) in [5.41, 5.74) is 6.83. The number of hydrogen-bond donors (Lipinski definition) is 2. The minimum absolute atomic E-state index is 0.0869. The molecule has 1 amide bonds. The minimum Gasteiger partial charge on any atom is -0.399 e. The highest BCUT2D eigenvalue weighted by molar-refractivity contribution is 9.10. The number of nitrogens with two attached hydrogens (primary N) is 1. The van der Waals surface area contributed by atoms with Crippen LogP contribution in [0.1, 0.15) is 0 Å². The zero-order valence-electron chi connectivity index (χ0n) is 10.5. The average Bonchev–Trinajstić information content (AvgIpc) is 2.39. The fourth-order valence-electron chi connectivity index (χ4n) is 1.59. The van der Waals surface area contributed by atoms with Crippen LogP contribution < -0.4 is 11.1 Å². The lowest BCUT2D eigenvalue weighted by molar-refractivity contribution is -0.113. The van der Waals surface area contributed by atoms with E-state index < -0.39 is 10.8 Å². The minimum atomic E-state index is -1.38. The second kappa shape index (κ2) is 6.67. The van der Waals surface area contributed by atoms with Crippen molar-refractivity contribution in [3.8, 4) is 0 Å². The number of hydrogen-bond acceptors (Lipinski definition) is 3. The summed E-state index contributed by atoms with van der Waals surface area (Å²) in [5.74, 6) is -0.380. The fraction of sp³-hybridized carbons (Fsp3) is 0.0714. The van der Waals surface area contributed by atoms with Gasteiger partial charge in [-0.05, 0) is 42.5 Å². The molecule has 2 aromatic carbocycles. The highest BCUT2D eigenvalue weighted by Gasteiger charge is 2.10. The molecule has 3 N–H and O–H groups in total. The second-order valence-corrected chi connectivity index (χ2v) is 6.48. The maximum Gasteiger partial charge on any atom is 0.237 e. The first-order chi connectivity index (χ1) is 9.54. The number of benzene rings is 2. The molecule has 1 atom stereocenters. The smallest absolute Gasteiger partial charge is 0.237 e. The molecule has 0 aliphatic carbocycles. The lowest BCUT2D eigenvalue weighted by Crippen LogP contribution is -2.19. The van der Waals surface area contributed by atoms with Crippen molar-refractivity contribution >= 4 is 44.0 Å². The number of anilines is 2. The molecular weight excluding hydrogens is 340 g/mol. The molecule has 20 heavy (non-hydrogen) atoms. The monoisotopic (exact) mass is 352 g/mol. The van der Waals surface area contributed by atoms with Crippen LogP contribution >= 0.6 is 15.9 Å². The summed E-state index contributed by atoms with van der Waals surface area (Å²) in [4.78, 5) is 12.4. The molecule has 0 aliphatic rings. The molecule has 0 fully saturated rings. The quantitative estimate of drug-likeness (QED) is 0.831. The summed E-state index contributed by atoms with van der Waals surface area (Å²) in [6.45, 7) is 0. The molecule has 1 unspecified atom stereocenters. The van der Waals surface area contributed by atoms with Gasteiger partial charge in [0.2, 0.25) is 5.91 Å². The molecule has 4 nitrogen and oxygen atoms in total. The Balaban J connectivity index is 1.97. The van der Waals surface area contributed by atoms with Crippen LogP contribution in [0.5, 0.6) is 0 Å². The molecule has 104 valence electrons. The maximum absolute atomic E-state index is 12.0. The second-order valence-electron chi connectivity index (χ2n) is 4.12. The van der Waals surface area contributed by atoms with Crippen molar-refractivity contribution in [3.05, 3.63) is 53.0 Å². The Morgan fingerprint density at radius 3 is 2.55 bits per heavy atom. The SMILES string of the molecule is Nc1ccc(S(=O)CC(=O)Nc2cccc(Br)c2)cc1. The van der Waals surface area contributed by atoms with Gasteiger partial charge in [-0.25, -0.2) is 0 Å². The van der Waals surface area contributed by atoms with Gasteiger partial charge in [0, 0.05) is 20.7 Å². The third-order valence-corrected chi connectivity index (χ3v) is 4.33. The van der Waals surface area contributed by atoms with Gasteiger partial charge in [0.25, 0.3) is 0 Å². The number of carbonyl (C=O) groups excluding carboxylic acids is 1. The van der Waals surface area contributed by atoms with Gasteiger partial charge >= 0.3 is 0 Å². The van der Waals surface area contributed by atoms with Crippen molar-refractivity contribution < 1.29 is 9.00 Å². The van der Waals surface area contributed by atoms with E-state index in [2.05, 4.69) is 21.2 Å². The van der Waals surface area contributed by atoms with E-state index in [1.807, 2.05) is 12.1 Å². The standard InChI is InChI=1S/C14H13BrN2O2S/c15-10-2-1-3-12(8-10)17-14(18)9-20(19)13-6-4-11(16)5-7-13/h1-8H,9,16H2,(H,17,18). The predicted octanol–water partition coefficient (Wildman–Crippen LogP) is 2.78. The molecule has 0 saturated heterocycles. The van der Waals surface area contributed by atoms with E-state index >= 15 is 0 Å². The van der Waals surface area contributed by atoms with Crippen LogP contribution in [0, 0.1) is 0 Å². The Kier molecular flexibility index (Phi) is 4.92. The molecule has 0 radical (unpaired) electrons. The summed E-state index contributed by atoms with van der Waals surface area (Å²) < 4.78 is 12.9. The molecular formula is C14H13BrN2O2S. The van der Waals surface area contributed by atoms with Crippen LogP contribution in [0.4, 0.5) is 11.4 Å². The molecule has 0 bridgehead atoms. The van der Waals surface area contributed by atoms with E-state index in [1.54, 1.807) is 36.4 Å². The van der Waals surface area contributed by atoms with Crippen molar-refractivity contribution in [2.24, 2.45) is 0 Å². The first-order valence-corrected chi connectivity index (χ1v) is 7.95. The average molecular weight is 353 g/mol. The maximum atomic E-state index is 12.0. The summed E-state index contributed by atoms with van der Waals surface area (Å²) in [6, 6.07) is 13.9. The van der Waals surface area contributed by atoms with Gasteiger partial charge in [0.05, 0.1) is 10.8 Å². The van der Waals surface area contributed by atoms with Crippen LogP contribution in [0.25, 0.3) is 0 Å². The molecule has 0 saturated carbocycles. The van der Waals surface area contributed by atoms with Gasteiger partial charge in [-0.15, -0.1) is 0 Å². The fourth-order valence-corrected chi connectivity index (χ4v) is 2.90. The molecule has 0 spiro atoms. The Morgan fingerprint density at radius 1 is 1.20 bits per heavy atom. The number of halogens is 1. The van der Waals surface area contributed by atoms with Gasteiger partial charge in [-0.1, -0.05) is 22.0 Å². The molecule has 0 aliphatic heterocycles. The molecule has 0 heterocycles. The van der Waals surface area contributed by atoms with Crippen LogP contribution in [-0.4, -0.2) is 15.9 Å². The number of carbonyl (C=O) groups is 1. The van der Waals surface area contributed by atoms with Gasteiger partial charge in [-0.2, -0.15) is 0 Å². The summed E-state index contributed by atoms with van der Waals surface area (Å²) >= 11 is 3.32. The van der Waals surface area contributed by atoms with Gasteiger partial charge in [0.15, 0.2) is 0 Å². The third kappa shape index (κ3) is 4.18. The first kappa shape index (κ1) is 14.7. The summed E-state index contributed by atoms with van der Waals surface area (Å²) in [7, 11) is -1.38. The van der Waals surface area contributed by atoms with Gasteiger partial charge < -0.3 is 11.1 Å². The third-order valence-electron chi connectivity index (χ3n) is 2.51. The molecule has 2 rings (SSSR count). The number of rotatable bonds is 4. The summed E-state index contributed by atoms with van der Waals surface area (Å²) in [6.07, 6.45) is 0. The van der Waals surface area contributed by atoms with Crippen LogP contribution in [0.3, 0.4) is 0 Å².